The molecule has 0 atom stereocenters. The molecule has 4 heterocycles. The van der Waals surface area contributed by atoms with E-state index in [1.807, 2.05) is 6.20 Å². The molecule has 10 aromatic rings. The summed E-state index contributed by atoms with van der Waals surface area (Å²) in [5.41, 5.74) is 12.6. The number of hydrogen-bond acceptors (Lipinski definition) is 1. The van der Waals surface area contributed by atoms with Crippen molar-refractivity contribution in [2.45, 2.75) is 43.9 Å². The van der Waals surface area contributed by atoms with Crippen LogP contribution in [0.3, 0.4) is 0 Å². The van der Waals surface area contributed by atoms with Crippen LogP contribution >= 0.6 is 0 Å². The van der Waals surface area contributed by atoms with Crippen molar-refractivity contribution in [1.29, 1.82) is 0 Å². The first-order valence-electron chi connectivity index (χ1n) is 20.2. The van der Waals surface area contributed by atoms with Crippen LogP contribution in [0.25, 0.3) is 82.5 Å². The van der Waals surface area contributed by atoms with Gasteiger partial charge in [0.1, 0.15) is 0 Å². The molecule has 4 nitrogen and oxygen atoms in total. The normalized spacial score (nSPS) is 22.0. The molecule has 264 valence electrons. The highest BCUT2D eigenvalue weighted by Gasteiger charge is 2.51. The molecule has 0 aliphatic heterocycles. The molecule has 4 aliphatic carbocycles. The molecule has 4 saturated carbocycles. The van der Waals surface area contributed by atoms with E-state index in [9.17, 15) is 0 Å². The molecule has 14 rings (SSSR count). The average Bonchev–Trinajstić information content (AvgIpc) is 3.86. The van der Waals surface area contributed by atoms with Crippen LogP contribution in [0.5, 0.6) is 0 Å². The summed E-state index contributed by atoms with van der Waals surface area (Å²) < 4.78 is 7.31. The van der Waals surface area contributed by atoms with Gasteiger partial charge in [-0.15, -0.1) is 0 Å². The molecule has 0 spiro atoms. The molecule has 4 fully saturated rings. The van der Waals surface area contributed by atoms with Gasteiger partial charge >= 0.3 is 0 Å². The number of para-hydroxylation sites is 4. The van der Waals surface area contributed by atoms with E-state index in [1.165, 1.54) is 110 Å². The Kier molecular flexibility index (Phi) is 6.03. The van der Waals surface area contributed by atoms with Crippen LogP contribution in [-0.4, -0.2) is 18.7 Å². The second kappa shape index (κ2) is 11.0. The highest BCUT2D eigenvalue weighted by molar-refractivity contribution is 6.13. The van der Waals surface area contributed by atoms with Gasteiger partial charge in [-0.1, -0.05) is 84.9 Å². The monoisotopic (exact) mass is 708 g/mol. The Bertz CT molecular complexity index is 3120. The zero-order chi connectivity index (χ0) is 35.8. The van der Waals surface area contributed by atoms with Crippen molar-refractivity contribution in [3.63, 3.8) is 0 Å². The summed E-state index contributed by atoms with van der Waals surface area (Å²) in [6.07, 6.45) is 12.6. The predicted molar refractivity (Wildman–Crippen MR) is 227 cm³/mol. The third-order valence-electron chi connectivity index (χ3n) is 14.0. The second-order valence-electron chi connectivity index (χ2n) is 17.1. The van der Waals surface area contributed by atoms with Crippen molar-refractivity contribution < 1.29 is 0 Å². The highest BCUT2D eigenvalue weighted by Crippen LogP contribution is 2.61. The lowest BCUT2D eigenvalue weighted by atomic mass is 9.48. The third-order valence-corrected chi connectivity index (χ3v) is 14.0. The molecular formula is C51H40N4. The topological polar surface area (TPSA) is 27.7 Å². The molecule has 4 bridgehead atoms. The zero-order valence-corrected chi connectivity index (χ0v) is 30.7. The number of aromatic nitrogens is 4. The quantitative estimate of drug-likeness (QED) is 0.179. The zero-order valence-electron chi connectivity index (χ0n) is 30.7. The van der Waals surface area contributed by atoms with Crippen LogP contribution in [-0.2, 0) is 5.41 Å². The SMILES string of the molecule is c1ccc2c(c1)c1ccccc1n2-c1ccc2c(c1)c1ccccc1n2-c1cncc(-n2c3ccccc3c3ccc(C45CC6CC(CC(C6)C4)C5)cc32)c1. The van der Waals surface area contributed by atoms with E-state index in [2.05, 4.69) is 159 Å². The van der Waals surface area contributed by atoms with Gasteiger partial charge in [-0.2, -0.15) is 0 Å². The number of fused-ring (bicyclic) bond motifs is 9. The summed E-state index contributed by atoms with van der Waals surface area (Å²) in [6.45, 7) is 0. The van der Waals surface area contributed by atoms with Gasteiger partial charge < -0.3 is 13.7 Å². The molecule has 0 N–H and O–H groups in total. The van der Waals surface area contributed by atoms with Gasteiger partial charge in [0.15, 0.2) is 0 Å². The number of nitrogens with zero attached hydrogens (tertiary/aromatic N) is 4. The fourth-order valence-electron chi connectivity index (χ4n) is 12.3. The molecule has 4 heteroatoms. The van der Waals surface area contributed by atoms with E-state index < -0.39 is 0 Å². The van der Waals surface area contributed by atoms with Crippen LogP contribution in [0, 0.1) is 17.8 Å². The lowest BCUT2D eigenvalue weighted by Gasteiger charge is -2.57. The fraction of sp³-hybridized carbons (Fsp3) is 0.196. The van der Waals surface area contributed by atoms with Crippen molar-refractivity contribution in [2.75, 3.05) is 0 Å². The first-order chi connectivity index (χ1) is 27.2. The van der Waals surface area contributed by atoms with Crippen molar-refractivity contribution in [3.8, 4) is 17.1 Å². The minimum absolute atomic E-state index is 0.339. The van der Waals surface area contributed by atoms with Crippen molar-refractivity contribution in [3.05, 3.63) is 157 Å². The maximum Gasteiger partial charge on any atom is 0.0666 e. The summed E-state index contributed by atoms with van der Waals surface area (Å²) in [5, 5.41) is 7.65. The summed E-state index contributed by atoms with van der Waals surface area (Å²) >= 11 is 0. The van der Waals surface area contributed by atoms with E-state index in [4.69, 9.17) is 4.98 Å². The first kappa shape index (κ1) is 30.2. The Labute approximate surface area is 319 Å². The molecule has 0 radical (unpaired) electrons. The molecular weight excluding hydrogens is 669 g/mol. The fourth-order valence-corrected chi connectivity index (χ4v) is 12.3. The smallest absolute Gasteiger partial charge is 0.0666 e. The molecule has 0 saturated heterocycles. The average molecular weight is 709 g/mol. The van der Waals surface area contributed by atoms with E-state index in [1.54, 1.807) is 5.56 Å². The largest absolute Gasteiger partial charge is 0.309 e. The Hall–Kier alpha value is -6.13. The van der Waals surface area contributed by atoms with E-state index in [0.717, 1.165) is 29.1 Å². The van der Waals surface area contributed by atoms with E-state index in [-0.39, 0.29) is 0 Å². The number of hydrogen-bond donors (Lipinski definition) is 0. The van der Waals surface area contributed by atoms with Gasteiger partial charge in [-0.05, 0) is 122 Å². The Morgan fingerprint density at radius 2 is 0.818 bits per heavy atom. The standard InChI is InChI=1S/C51H40N4/c1-5-13-45-39(9-1)40-10-2-6-14-46(40)53(45)36-18-20-49-44(26-36)42-12-4-8-16-48(42)54(49)37-25-38(31-52-30-37)55-47-15-7-3-11-41(47)43-19-17-35(24-50(43)55)51-27-32-21-33(28-51)23-34(22-32)29-51/h1-20,24-26,30-34H,21-23,27-29H2. The maximum atomic E-state index is 4.98. The minimum atomic E-state index is 0.339. The maximum absolute atomic E-state index is 4.98. The molecule has 0 unspecified atom stereocenters. The highest BCUT2D eigenvalue weighted by atomic mass is 15.0. The van der Waals surface area contributed by atoms with Crippen LogP contribution in [0.2, 0.25) is 0 Å². The summed E-state index contributed by atoms with van der Waals surface area (Å²) in [5.74, 6) is 2.74. The van der Waals surface area contributed by atoms with Crippen molar-refractivity contribution in [2.24, 2.45) is 17.8 Å². The minimum Gasteiger partial charge on any atom is -0.309 e. The summed E-state index contributed by atoms with van der Waals surface area (Å²) in [4.78, 5) is 4.98. The van der Waals surface area contributed by atoms with Gasteiger partial charge in [-0.25, -0.2) is 0 Å². The predicted octanol–water partition coefficient (Wildman–Crippen LogP) is 12.8. The van der Waals surface area contributed by atoms with Gasteiger partial charge in [0.2, 0.25) is 0 Å². The van der Waals surface area contributed by atoms with Crippen LogP contribution in [0.1, 0.15) is 44.1 Å². The number of pyridine rings is 1. The lowest BCUT2D eigenvalue weighted by molar-refractivity contribution is -0.00513. The van der Waals surface area contributed by atoms with Crippen LogP contribution in [0.4, 0.5) is 0 Å². The number of rotatable bonds is 4. The Balaban J connectivity index is 1.00. The first-order valence-corrected chi connectivity index (χ1v) is 20.2. The van der Waals surface area contributed by atoms with Crippen molar-refractivity contribution >= 4 is 65.4 Å². The van der Waals surface area contributed by atoms with Gasteiger partial charge in [0, 0.05) is 38.0 Å². The van der Waals surface area contributed by atoms with E-state index in [0.29, 0.717) is 5.41 Å². The molecule has 55 heavy (non-hydrogen) atoms. The summed E-state index contributed by atoms with van der Waals surface area (Å²) in [7, 11) is 0. The summed E-state index contributed by atoms with van der Waals surface area (Å²) in [6, 6.07) is 52.1. The molecule has 4 aromatic heterocycles. The lowest BCUT2D eigenvalue weighted by Crippen LogP contribution is -2.48. The van der Waals surface area contributed by atoms with Crippen LogP contribution < -0.4 is 0 Å². The van der Waals surface area contributed by atoms with Crippen molar-refractivity contribution in [1.82, 2.24) is 18.7 Å². The molecule has 4 aliphatic rings. The van der Waals surface area contributed by atoms with Gasteiger partial charge in [0.05, 0.1) is 56.9 Å². The third kappa shape index (κ3) is 4.20. The van der Waals surface area contributed by atoms with Gasteiger partial charge in [0.25, 0.3) is 0 Å². The molecule has 6 aromatic carbocycles. The Morgan fingerprint density at radius 1 is 0.382 bits per heavy atom. The van der Waals surface area contributed by atoms with Crippen LogP contribution in [0.15, 0.2) is 152 Å². The molecule has 0 amide bonds. The van der Waals surface area contributed by atoms with E-state index >= 15 is 0 Å². The van der Waals surface area contributed by atoms with Gasteiger partial charge in [-0.3, -0.25) is 4.98 Å². The number of benzene rings is 6. The Morgan fingerprint density at radius 3 is 1.36 bits per heavy atom. The second-order valence-corrected chi connectivity index (χ2v) is 17.1.